The van der Waals surface area contributed by atoms with E-state index in [4.69, 9.17) is 0 Å². The number of aliphatic carboxylic acids is 1. The molecule has 1 aromatic heterocycles. The lowest BCUT2D eigenvalue weighted by atomic mass is 9.81. The first-order valence-electron chi connectivity index (χ1n) is 8.44. The number of carbonyl (C=O) groups is 1. The van der Waals surface area contributed by atoms with Crippen LogP contribution in [-0.2, 0) is 11.3 Å². The van der Waals surface area contributed by atoms with Crippen LogP contribution in [0.1, 0.15) is 25.0 Å². The third-order valence-electron chi connectivity index (χ3n) is 5.56. The van der Waals surface area contributed by atoms with Crippen molar-refractivity contribution < 1.29 is 18.7 Å². The molecule has 4 rings (SSSR count). The quantitative estimate of drug-likeness (QED) is 0.924. The molecule has 1 aliphatic heterocycles. The molecule has 2 fully saturated rings. The summed E-state index contributed by atoms with van der Waals surface area (Å²) in [5.41, 5.74) is -0.169. The molecule has 2 aromatic rings. The Kier molecular flexibility index (Phi) is 3.83. The van der Waals surface area contributed by atoms with Crippen LogP contribution in [0.2, 0.25) is 0 Å². The van der Waals surface area contributed by atoms with Crippen molar-refractivity contribution in [2.75, 3.05) is 13.1 Å². The Morgan fingerprint density at radius 1 is 1.32 bits per heavy atom. The van der Waals surface area contributed by atoms with Gasteiger partial charge in [0, 0.05) is 25.8 Å². The van der Waals surface area contributed by atoms with Crippen LogP contribution >= 0.6 is 0 Å². The Balaban J connectivity index is 1.52. The number of fused-ring (bicyclic) bond motifs is 1. The molecular weight excluding hydrogens is 328 g/mol. The molecule has 1 aromatic carbocycles. The lowest BCUT2D eigenvalue weighted by Gasteiger charge is -2.23. The van der Waals surface area contributed by atoms with E-state index >= 15 is 0 Å². The summed E-state index contributed by atoms with van der Waals surface area (Å²) in [6, 6.07) is 5.41. The average molecular weight is 347 g/mol. The molecule has 0 bridgehead atoms. The Morgan fingerprint density at radius 3 is 2.76 bits per heavy atom. The van der Waals surface area contributed by atoms with Gasteiger partial charge in [-0.05, 0) is 37.0 Å². The van der Waals surface area contributed by atoms with Gasteiger partial charge in [-0.2, -0.15) is 5.10 Å². The van der Waals surface area contributed by atoms with Crippen LogP contribution in [-0.4, -0.2) is 38.8 Å². The number of para-hydroxylation sites is 1. The molecule has 0 spiro atoms. The summed E-state index contributed by atoms with van der Waals surface area (Å²) in [6.07, 6.45) is 4.16. The zero-order chi connectivity index (χ0) is 17.6. The third-order valence-corrected chi connectivity index (χ3v) is 5.56. The highest BCUT2D eigenvalue weighted by Gasteiger charge is 2.54. The fourth-order valence-corrected chi connectivity index (χ4v) is 4.37. The van der Waals surface area contributed by atoms with Crippen molar-refractivity contribution >= 4 is 5.97 Å². The van der Waals surface area contributed by atoms with Gasteiger partial charge in [0.1, 0.15) is 5.69 Å². The lowest BCUT2D eigenvalue weighted by molar-refractivity contribution is -0.149. The van der Waals surface area contributed by atoms with Gasteiger partial charge in [0.2, 0.25) is 0 Å². The molecule has 7 heteroatoms. The van der Waals surface area contributed by atoms with Crippen molar-refractivity contribution in [1.82, 2.24) is 14.7 Å². The number of hydrogen-bond donors (Lipinski definition) is 1. The van der Waals surface area contributed by atoms with Crippen LogP contribution in [0.15, 0.2) is 30.5 Å². The summed E-state index contributed by atoms with van der Waals surface area (Å²) in [7, 11) is 0. The number of aromatic nitrogens is 2. The molecule has 1 N–H and O–H groups in total. The molecule has 2 atom stereocenters. The molecule has 2 aliphatic rings. The topological polar surface area (TPSA) is 58.4 Å². The molecule has 25 heavy (non-hydrogen) atoms. The standard InChI is InChI=1S/C18H19F2N3O2/c19-14-4-1-5-15(20)16(14)23-8-6-13(21-23)10-22-9-12-3-2-7-18(12,11-22)17(24)25/h1,4-6,8,12H,2-3,7,9-11H2,(H,24,25)/t12-,18+/m0/s1. The lowest BCUT2D eigenvalue weighted by Crippen LogP contribution is -2.35. The van der Waals surface area contributed by atoms with E-state index in [1.165, 1.54) is 29.1 Å². The highest BCUT2D eigenvalue weighted by atomic mass is 19.1. The van der Waals surface area contributed by atoms with Gasteiger partial charge >= 0.3 is 5.97 Å². The van der Waals surface area contributed by atoms with Crippen LogP contribution in [0.25, 0.3) is 5.69 Å². The predicted octanol–water partition coefficient (Wildman–Crippen LogP) is 2.84. The summed E-state index contributed by atoms with van der Waals surface area (Å²) in [6.45, 7) is 1.72. The summed E-state index contributed by atoms with van der Waals surface area (Å²) in [5.74, 6) is -1.88. The van der Waals surface area contributed by atoms with Crippen molar-refractivity contribution in [2.24, 2.45) is 11.3 Å². The number of halogens is 2. The normalized spacial score (nSPS) is 26.1. The monoisotopic (exact) mass is 347 g/mol. The van der Waals surface area contributed by atoms with Gasteiger partial charge in [0.15, 0.2) is 11.6 Å². The number of benzene rings is 1. The van der Waals surface area contributed by atoms with E-state index in [1.54, 1.807) is 6.07 Å². The van der Waals surface area contributed by atoms with Gasteiger partial charge in [-0.3, -0.25) is 9.69 Å². The maximum absolute atomic E-state index is 13.9. The molecule has 1 saturated carbocycles. The first kappa shape index (κ1) is 16.2. The number of nitrogens with zero attached hydrogens (tertiary/aromatic N) is 3. The number of rotatable bonds is 4. The number of carboxylic acid groups (broad SMARTS) is 1. The van der Waals surface area contributed by atoms with Crippen molar-refractivity contribution in [2.45, 2.75) is 25.8 Å². The van der Waals surface area contributed by atoms with Crippen molar-refractivity contribution in [3.05, 3.63) is 47.8 Å². The molecular formula is C18H19F2N3O2. The maximum Gasteiger partial charge on any atom is 0.311 e. The Labute approximate surface area is 143 Å². The van der Waals surface area contributed by atoms with Crippen molar-refractivity contribution in [3.63, 3.8) is 0 Å². The molecule has 0 amide bonds. The highest BCUT2D eigenvalue weighted by molar-refractivity contribution is 5.76. The minimum absolute atomic E-state index is 0.177. The van der Waals surface area contributed by atoms with Crippen LogP contribution in [0, 0.1) is 23.0 Å². The van der Waals surface area contributed by atoms with E-state index in [-0.39, 0.29) is 11.6 Å². The van der Waals surface area contributed by atoms with Crippen LogP contribution in [0.3, 0.4) is 0 Å². The summed E-state index contributed by atoms with van der Waals surface area (Å²) < 4.78 is 28.9. The number of carboxylic acids is 1. The molecule has 1 aliphatic carbocycles. The number of likely N-dealkylation sites (tertiary alicyclic amines) is 1. The number of hydrogen-bond acceptors (Lipinski definition) is 3. The van der Waals surface area contributed by atoms with Crippen LogP contribution < -0.4 is 0 Å². The molecule has 1 saturated heterocycles. The van der Waals surface area contributed by atoms with E-state index in [0.29, 0.717) is 18.8 Å². The summed E-state index contributed by atoms with van der Waals surface area (Å²) in [5, 5.41) is 13.9. The summed E-state index contributed by atoms with van der Waals surface area (Å²) in [4.78, 5) is 13.8. The molecule has 0 unspecified atom stereocenters. The zero-order valence-corrected chi connectivity index (χ0v) is 13.7. The van der Waals surface area contributed by atoms with Gasteiger partial charge in [-0.25, -0.2) is 13.5 Å². The minimum Gasteiger partial charge on any atom is -0.481 e. The van der Waals surface area contributed by atoms with Gasteiger partial charge in [-0.1, -0.05) is 12.5 Å². The fourth-order valence-electron chi connectivity index (χ4n) is 4.37. The molecule has 2 heterocycles. The Morgan fingerprint density at radius 2 is 2.08 bits per heavy atom. The minimum atomic E-state index is -0.712. The Hall–Kier alpha value is -2.28. The van der Waals surface area contributed by atoms with Gasteiger partial charge in [0.25, 0.3) is 0 Å². The zero-order valence-electron chi connectivity index (χ0n) is 13.7. The second kappa shape index (κ2) is 5.91. The van der Waals surface area contributed by atoms with E-state index in [1.807, 2.05) is 0 Å². The largest absolute Gasteiger partial charge is 0.481 e. The first-order valence-corrected chi connectivity index (χ1v) is 8.44. The van der Waals surface area contributed by atoms with E-state index < -0.39 is 23.0 Å². The first-order chi connectivity index (χ1) is 12.0. The average Bonchev–Trinajstić information content (AvgIpc) is 3.22. The van der Waals surface area contributed by atoms with E-state index in [9.17, 15) is 18.7 Å². The second-order valence-corrected chi connectivity index (χ2v) is 7.04. The molecule has 132 valence electrons. The Bertz CT molecular complexity index is 802. The van der Waals surface area contributed by atoms with Crippen LogP contribution in [0.5, 0.6) is 0 Å². The fraction of sp³-hybridized carbons (Fsp3) is 0.444. The highest BCUT2D eigenvalue weighted by Crippen LogP contribution is 2.49. The SMILES string of the molecule is O=C(O)[C@@]12CCC[C@H]1CN(Cc1ccn(-c3c(F)cccc3F)n1)C2. The van der Waals surface area contributed by atoms with Crippen LogP contribution in [0.4, 0.5) is 8.78 Å². The van der Waals surface area contributed by atoms with Gasteiger partial charge in [-0.15, -0.1) is 0 Å². The maximum atomic E-state index is 13.9. The van der Waals surface area contributed by atoms with E-state index in [0.717, 1.165) is 25.8 Å². The van der Waals surface area contributed by atoms with Crippen molar-refractivity contribution in [3.8, 4) is 5.69 Å². The van der Waals surface area contributed by atoms with Crippen molar-refractivity contribution in [1.29, 1.82) is 0 Å². The second-order valence-electron chi connectivity index (χ2n) is 7.04. The predicted molar refractivity (Wildman–Crippen MR) is 86.2 cm³/mol. The van der Waals surface area contributed by atoms with Gasteiger partial charge in [0.05, 0.1) is 11.1 Å². The molecule has 0 radical (unpaired) electrons. The smallest absolute Gasteiger partial charge is 0.311 e. The third kappa shape index (κ3) is 2.63. The summed E-state index contributed by atoms with van der Waals surface area (Å²) >= 11 is 0. The van der Waals surface area contributed by atoms with Gasteiger partial charge < -0.3 is 5.11 Å². The molecule has 5 nitrogen and oxygen atoms in total. The van der Waals surface area contributed by atoms with E-state index in [2.05, 4.69) is 10.00 Å².